The van der Waals surface area contributed by atoms with E-state index in [1.54, 1.807) is 0 Å². The number of nitrogens with two attached hydrogens (primary N) is 1. The van der Waals surface area contributed by atoms with Crippen molar-refractivity contribution in [1.82, 2.24) is 19.8 Å². The molecule has 0 spiro atoms. The lowest BCUT2D eigenvalue weighted by molar-refractivity contribution is -0.148. The maximum Gasteiger partial charge on any atom is 0.449 e. The molecule has 1 aromatic heterocycles. The molecule has 1 unspecified atom stereocenters. The van der Waals surface area contributed by atoms with Crippen LogP contribution in [0.4, 0.5) is 26.3 Å². The summed E-state index contributed by atoms with van der Waals surface area (Å²) < 4.78 is 81.5. The number of fused-ring (bicyclic) bond motifs is 1. The number of imidazole rings is 1. The van der Waals surface area contributed by atoms with E-state index in [4.69, 9.17) is 5.73 Å². The number of hydrogen-bond acceptors (Lipinski definition) is 4. The second kappa shape index (κ2) is 9.04. The molecule has 0 saturated carbocycles. The van der Waals surface area contributed by atoms with Gasteiger partial charge in [0.05, 0.1) is 11.7 Å². The fourth-order valence-corrected chi connectivity index (χ4v) is 3.92. The number of halogens is 6. The lowest BCUT2D eigenvalue weighted by Gasteiger charge is -2.36. The standard InChI is InChI=1S/C20H21F6N5O2/c1-9-17-16(18(33)28-2)29-19(20(24,25)26)31(17)4-3-30(9)15(32)7-11(27)5-10-6-13(22)14(23)8-12(10)21/h6,8-9,11H,3-5,7,27H2,1-2H3,(H,28,33)/t9?,11-/m1/s1. The molecule has 2 heterocycles. The Balaban J connectivity index is 1.81. The first-order valence-electron chi connectivity index (χ1n) is 9.93. The van der Waals surface area contributed by atoms with Crippen molar-refractivity contribution in [3.8, 4) is 0 Å². The smallest absolute Gasteiger partial charge is 0.354 e. The van der Waals surface area contributed by atoms with E-state index in [2.05, 4.69) is 10.3 Å². The van der Waals surface area contributed by atoms with Crippen molar-refractivity contribution in [1.29, 1.82) is 0 Å². The molecule has 1 aromatic carbocycles. The molecule has 2 atom stereocenters. The molecule has 13 heteroatoms. The number of benzene rings is 1. The van der Waals surface area contributed by atoms with Crippen molar-refractivity contribution < 1.29 is 35.9 Å². The number of alkyl halides is 3. The van der Waals surface area contributed by atoms with Crippen molar-refractivity contribution in [3.63, 3.8) is 0 Å². The van der Waals surface area contributed by atoms with Gasteiger partial charge in [0.1, 0.15) is 5.82 Å². The molecule has 0 aliphatic carbocycles. The summed E-state index contributed by atoms with van der Waals surface area (Å²) in [6.07, 6.45) is -5.40. The highest BCUT2D eigenvalue weighted by molar-refractivity contribution is 5.93. The van der Waals surface area contributed by atoms with Gasteiger partial charge in [-0.2, -0.15) is 13.2 Å². The van der Waals surface area contributed by atoms with Crippen LogP contribution in [0.1, 0.15) is 47.0 Å². The summed E-state index contributed by atoms with van der Waals surface area (Å²) in [5, 5.41) is 2.24. The maximum absolute atomic E-state index is 13.9. The molecular weight excluding hydrogens is 456 g/mol. The first-order chi connectivity index (χ1) is 15.3. The summed E-state index contributed by atoms with van der Waals surface area (Å²) >= 11 is 0. The van der Waals surface area contributed by atoms with Crippen molar-refractivity contribution in [2.75, 3.05) is 13.6 Å². The SMILES string of the molecule is CNC(=O)c1nc(C(F)(F)F)n2c1C(C)N(C(=O)C[C@H](N)Cc1cc(F)c(F)cc1F)CC2. The second-order valence-corrected chi connectivity index (χ2v) is 7.69. The zero-order chi connectivity index (χ0) is 24.7. The van der Waals surface area contributed by atoms with Crippen LogP contribution in [-0.2, 0) is 23.9 Å². The lowest BCUT2D eigenvalue weighted by atomic mass is 10.0. The van der Waals surface area contributed by atoms with Crippen LogP contribution in [0.2, 0.25) is 0 Å². The summed E-state index contributed by atoms with van der Waals surface area (Å²) in [6, 6.07) is -0.869. The molecule has 1 aliphatic rings. The fourth-order valence-electron chi connectivity index (χ4n) is 3.92. The zero-order valence-corrected chi connectivity index (χ0v) is 17.6. The molecule has 2 aromatic rings. The summed E-state index contributed by atoms with van der Waals surface area (Å²) in [5.41, 5.74) is 5.19. The van der Waals surface area contributed by atoms with Crippen LogP contribution < -0.4 is 11.1 Å². The van der Waals surface area contributed by atoms with Crippen LogP contribution >= 0.6 is 0 Å². The Hall–Kier alpha value is -3.09. The van der Waals surface area contributed by atoms with Crippen molar-refractivity contribution in [3.05, 3.63) is 52.4 Å². The minimum Gasteiger partial charge on any atom is -0.354 e. The maximum atomic E-state index is 13.9. The molecular formula is C20H21F6N5O2. The van der Waals surface area contributed by atoms with Gasteiger partial charge in [0, 0.05) is 38.7 Å². The van der Waals surface area contributed by atoms with Crippen LogP contribution in [0.15, 0.2) is 12.1 Å². The predicted molar refractivity (Wildman–Crippen MR) is 103 cm³/mol. The number of aromatic nitrogens is 2. The van der Waals surface area contributed by atoms with Crippen molar-refractivity contribution in [2.24, 2.45) is 5.73 Å². The Morgan fingerprint density at radius 2 is 1.82 bits per heavy atom. The molecule has 0 fully saturated rings. The van der Waals surface area contributed by atoms with Gasteiger partial charge >= 0.3 is 6.18 Å². The second-order valence-electron chi connectivity index (χ2n) is 7.69. The Bertz CT molecular complexity index is 1080. The number of nitrogens with zero attached hydrogens (tertiary/aromatic N) is 3. The first-order valence-corrected chi connectivity index (χ1v) is 9.93. The molecule has 33 heavy (non-hydrogen) atoms. The summed E-state index contributed by atoms with van der Waals surface area (Å²) in [6.45, 7) is 1.10. The average Bonchev–Trinajstić information content (AvgIpc) is 3.12. The highest BCUT2D eigenvalue weighted by Crippen LogP contribution is 2.36. The summed E-state index contributed by atoms with van der Waals surface area (Å²) in [7, 11) is 1.24. The summed E-state index contributed by atoms with van der Waals surface area (Å²) in [4.78, 5) is 29.7. The Kier molecular flexibility index (Phi) is 6.73. The molecule has 0 radical (unpaired) electrons. The van der Waals surface area contributed by atoms with Crippen LogP contribution in [0, 0.1) is 17.5 Å². The average molecular weight is 477 g/mol. The van der Waals surface area contributed by atoms with Gasteiger partial charge in [0.25, 0.3) is 5.91 Å². The Morgan fingerprint density at radius 3 is 2.42 bits per heavy atom. The van der Waals surface area contributed by atoms with E-state index in [1.165, 1.54) is 18.9 Å². The highest BCUT2D eigenvalue weighted by atomic mass is 19.4. The quantitative estimate of drug-likeness (QED) is 0.512. The third-order valence-electron chi connectivity index (χ3n) is 5.46. The Labute approximate surface area is 184 Å². The zero-order valence-electron chi connectivity index (χ0n) is 17.6. The van der Waals surface area contributed by atoms with E-state index >= 15 is 0 Å². The normalized spacial score (nSPS) is 17.0. The van der Waals surface area contributed by atoms with Gasteiger partial charge in [-0.25, -0.2) is 18.2 Å². The van der Waals surface area contributed by atoms with Crippen molar-refractivity contribution in [2.45, 2.75) is 44.6 Å². The minimum absolute atomic E-state index is 0.0681. The molecule has 180 valence electrons. The number of amides is 2. The first kappa shape index (κ1) is 24.6. The largest absolute Gasteiger partial charge is 0.449 e. The van der Waals surface area contributed by atoms with E-state index in [-0.39, 0.29) is 37.2 Å². The third-order valence-corrected chi connectivity index (χ3v) is 5.46. The van der Waals surface area contributed by atoms with E-state index in [9.17, 15) is 35.9 Å². The number of carbonyl (C=O) groups is 2. The Morgan fingerprint density at radius 1 is 1.18 bits per heavy atom. The fraction of sp³-hybridized carbons (Fsp3) is 0.450. The van der Waals surface area contributed by atoms with Crippen LogP contribution in [0.25, 0.3) is 0 Å². The number of hydrogen-bond donors (Lipinski definition) is 2. The monoisotopic (exact) mass is 477 g/mol. The van der Waals surface area contributed by atoms with Crippen LogP contribution in [-0.4, -0.2) is 45.9 Å². The lowest BCUT2D eigenvalue weighted by Crippen LogP contribution is -2.44. The van der Waals surface area contributed by atoms with Crippen molar-refractivity contribution >= 4 is 11.8 Å². The molecule has 1 aliphatic heterocycles. The van der Waals surface area contributed by atoms with E-state index < -0.39 is 59.0 Å². The molecule has 2 amide bonds. The molecule has 3 rings (SSSR count). The summed E-state index contributed by atoms with van der Waals surface area (Å²) in [5.74, 6) is -6.25. The van der Waals surface area contributed by atoms with Gasteiger partial charge in [-0.15, -0.1) is 0 Å². The van der Waals surface area contributed by atoms with Crippen LogP contribution in [0.3, 0.4) is 0 Å². The van der Waals surface area contributed by atoms with Gasteiger partial charge in [0.15, 0.2) is 17.3 Å². The number of carbonyl (C=O) groups excluding carboxylic acids is 2. The molecule has 0 saturated heterocycles. The topological polar surface area (TPSA) is 93.2 Å². The minimum atomic E-state index is -4.80. The number of rotatable bonds is 5. The van der Waals surface area contributed by atoms with Gasteiger partial charge in [-0.05, 0) is 25.0 Å². The number of nitrogens with one attached hydrogen (secondary N) is 1. The molecule has 3 N–H and O–H groups in total. The molecule has 0 bridgehead atoms. The van der Waals surface area contributed by atoms with Crippen LogP contribution in [0.5, 0.6) is 0 Å². The third kappa shape index (κ3) is 4.82. The van der Waals surface area contributed by atoms with E-state index in [1.807, 2.05) is 0 Å². The van der Waals surface area contributed by atoms with Gasteiger partial charge < -0.3 is 20.5 Å². The van der Waals surface area contributed by atoms with Gasteiger partial charge in [0.2, 0.25) is 11.7 Å². The predicted octanol–water partition coefficient (Wildman–Crippen LogP) is 2.54. The highest BCUT2D eigenvalue weighted by Gasteiger charge is 2.43. The van der Waals surface area contributed by atoms with Gasteiger partial charge in [-0.1, -0.05) is 0 Å². The van der Waals surface area contributed by atoms with E-state index in [0.717, 1.165) is 4.57 Å². The van der Waals surface area contributed by atoms with E-state index in [0.29, 0.717) is 12.1 Å². The molecule has 7 nitrogen and oxygen atoms in total. The van der Waals surface area contributed by atoms with Gasteiger partial charge in [-0.3, -0.25) is 9.59 Å².